The fraction of sp³-hybridized carbons (Fsp3) is 0.467. The molecular formula is C15H20N2O3. The van der Waals surface area contributed by atoms with Crippen LogP contribution in [0.4, 0.5) is 4.79 Å². The molecule has 0 aliphatic heterocycles. The Morgan fingerprint density at radius 3 is 2.55 bits per heavy atom. The van der Waals surface area contributed by atoms with E-state index in [9.17, 15) is 14.7 Å². The van der Waals surface area contributed by atoms with Crippen LogP contribution >= 0.6 is 0 Å². The molecule has 1 fully saturated rings. The van der Waals surface area contributed by atoms with Gasteiger partial charge in [0.1, 0.15) is 5.75 Å². The molecule has 0 spiro atoms. The van der Waals surface area contributed by atoms with Crippen molar-refractivity contribution >= 4 is 11.9 Å². The zero-order valence-electron chi connectivity index (χ0n) is 11.4. The Balaban J connectivity index is 1.79. The van der Waals surface area contributed by atoms with E-state index in [-0.39, 0.29) is 11.3 Å². The fourth-order valence-electron chi connectivity index (χ4n) is 2.51. The van der Waals surface area contributed by atoms with Gasteiger partial charge in [0.15, 0.2) is 0 Å². The molecule has 1 saturated carbocycles. The van der Waals surface area contributed by atoms with Crippen molar-refractivity contribution < 1.29 is 14.7 Å². The van der Waals surface area contributed by atoms with Gasteiger partial charge in [-0.05, 0) is 30.9 Å². The number of benzene rings is 1. The summed E-state index contributed by atoms with van der Waals surface area (Å²) in [6.07, 6.45) is 5.96. The van der Waals surface area contributed by atoms with E-state index in [0.717, 1.165) is 12.8 Å². The summed E-state index contributed by atoms with van der Waals surface area (Å²) in [5, 5.41) is 14.5. The number of aromatic hydroxyl groups is 1. The van der Waals surface area contributed by atoms with Crippen molar-refractivity contribution in [3.05, 3.63) is 29.8 Å². The number of carbonyl (C=O) groups excluding carboxylic acids is 2. The van der Waals surface area contributed by atoms with Crippen molar-refractivity contribution in [1.29, 1.82) is 0 Å². The van der Waals surface area contributed by atoms with E-state index in [2.05, 4.69) is 10.6 Å². The summed E-state index contributed by atoms with van der Waals surface area (Å²) in [6.45, 7) is 0.597. The van der Waals surface area contributed by atoms with Crippen LogP contribution in [0.15, 0.2) is 24.3 Å². The molecule has 0 aromatic heterocycles. The smallest absolute Gasteiger partial charge is 0.321 e. The minimum atomic E-state index is -0.593. The van der Waals surface area contributed by atoms with E-state index < -0.39 is 11.9 Å². The van der Waals surface area contributed by atoms with Crippen molar-refractivity contribution in [1.82, 2.24) is 10.6 Å². The van der Waals surface area contributed by atoms with Gasteiger partial charge in [-0.2, -0.15) is 0 Å². The van der Waals surface area contributed by atoms with Crippen LogP contribution in [0.25, 0.3) is 0 Å². The van der Waals surface area contributed by atoms with Gasteiger partial charge < -0.3 is 10.4 Å². The Morgan fingerprint density at radius 2 is 1.85 bits per heavy atom. The van der Waals surface area contributed by atoms with Crippen molar-refractivity contribution in [2.75, 3.05) is 6.54 Å². The molecule has 5 heteroatoms. The Hall–Kier alpha value is -2.04. The lowest BCUT2D eigenvalue weighted by Gasteiger charge is -2.21. The number of hydrogen-bond donors (Lipinski definition) is 3. The molecule has 0 atom stereocenters. The molecule has 0 unspecified atom stereocenters. The minimum absolute atomic E-state index is 0.0975. The molecule has 1 aromatic carbocycles. The highest BCUT2D eigenvalue weighted by Gasteiger charge is 2.16. The van der Waals surface area contributed by atoms with Crippen LogP contribution in [-0.4, -0.2) is 23.6 Å². The second kappa shape index (κ2) is 6.93. The minimum Gasteiger partial charge on any atom is -0.507 e. The van der Waals surface area contributed by atoms with Crippen molar-refractivity contribution in [3.63, 3.8) is 0 Å². The average Bonchev–Trinajstić information content (AvgIpc) is 2.46. The highest BCUT2D eigenvalue weighted by molar-refractivity contribution is 6.05. The first-order valence-corrected chi connectivity index (χ1v) is 7.04. The first kappa shape index (κ1) is 14.4. The van der Waals surface area contributed by atoms with Crippen LogP contribution in [0.3, 0.4) is 0 Å². The SMILES string of the molecule is O=C(NCC1CCCCC1)NC(=O)c1ccccc1O. The number of nitrogens with one attached hydrogen (secondary N) is 2. The number of hydrogen-bond acceptors (Lipinski definition) is 3. The summed E-state index contributed by atoms with van der Waals surface area (Å²) >= 11 is 0. The van der Waals surface area contributed by atoms with Crippen molar-refractivity contribution in [2.45, 2.75) is 32.1 Å². The highest BCUT2D eigenvalue weighted by Crippen LogP contribution is 2.22. The summed E-state index contributed by atoms with van der Waals surface area (Å²) in [5.41, 5.74) is 0.0975. The predicted octanol–water partition coefficient (Wildman–Crippen LogP) is 2.41. The number of phenolic OH excluding ortho intramolecular Hbond substituents is 1. The Kier molecular flexibility index (Phi) is 4.98. The van der Waals surface area contributed by atoms with E-state index in [0.29, 0.717) is 12.5 Å². The molecule has 1 aliphatic rings. The van der Waals surface area contributed by atoms with Crippen LogP contribution in [-0.2, 0) is 0 Å². The van der Waals surface area contributed by atoms with Gasteiger partial charge in [0.25, 0.3) is 5.91 Å². The topological polar surface area (TPSA) is 78.4 Å². The van der Waals surface area contributed by atoms with Gasteiger partial charge in [0.05, 0.1) is 5.56 Å². The number of para-hydroxylation sites is 1. The van der Waals surface area contributed by atoms with Crippen LogP contribution < -0.4 is 10.6 Å². The van der Waals surface area contributed by atoms with E-state index in [1.807, 2.05) is 0 Å². The van der Waals surface area contributed by atoms with Gasteiger partial charge in [-0.15, -0.1) is 0 Å². The summed E-state index contributed by atoms with van der Waals surface area (Å²) in [5.74, 6) is -0.218. The molecule has 2 rings (SSSR count). The monoisotopic (exact) mass is 276 g/mol. The quantitative estimate of drug-likeness (QED) is 0.793. The summed E-state index contributed by atoms with van der Waals surface area (Å²) < 4.78 is 0. The first-order chi connectivity index (χ1) is 9.66. The summed E-state index contributed by atoms with van der Waals surface area (Å²) in [4.78, 5) is 23.5. The third-order valence-corrected chi connectivity index (χ3v) is 3.65. The second-order valence-corrected chi connectivity index (χ2v) is 5.19. The lowest BCUT2D eigenvalue weighted by Crippen LogP contribution is -2.41. The zero-order chi connectivity index (χ0) is 14.4. The number of rotatable bonds is 3. The number of phenols is 1. The van der Waals surface area contributed by atoms with E-state index >= 15 is 0 Å². The molecule has 0 bridgehead atoms. The molecule has 5 nitrogen and oxygen atoms in total. The molecule has 0 heterocycles. The molecule has 3 N–H and O–H groups in total. The van der Waals surface area contributed by atoms with E-state index in [1.54, 1.807) is 12.1 Å². The molecule has 1 aliphatic carbocycles. The molecule has 1 aromatic rings. The average molecular weight is 276 g/mol. The fourth-order valence-corrected chi connectivity index (χ4v) is 2.51. The largest absolute Gasteiger partial charge is 0.507 e. The van der Waals surface area contributed by atoms with Crippen LogP contribution in [0.2, 0.25) is 0 Å². The van der Waals surface area contributed by atoms with Gasteiger partial charge in [-0.25, -0.2) is 4.79 Å². The highest BCUT2D eigenvalue weighted by atomic mass is 16.3. The number of imide groups is 1. The standard InChI is InChI=1S/C15H20N2O3/c18-13-9-5-4-8-12(13)14(19)17-15(20)16-10-11-6-2-1-3-7-11/h4-5,8-9,11,18H,1-3,6-7,10H2,(H2,16,17,19,20). The predicted molar refractivity (Wildman–Crippen MR) is 75.5 cm³/mol. The summed E-state index contributed by atoms with van der Waals surface area (Å²) in [7, 11) is 0. The van der Waals surface area contributed by atoms with Crippen molar-refractivity contribution in [2.24, 2.45) is 5.92 Å². The lowest BCUT2D eigenvalue weighted by molar-refractivity contribution is 0.0961. The van der Waals surface area contributed by atoms with Gasteiger partial charge in [0, 0.05) is 6.54 Å². The number of urea groups is 1. The van der Waals surface area contributed by atoms with Gasteiger partial charge in [-0.3, -0.25) is 10.1 Å². The molecule has 108 valence electrons. The molecular weight excluding hydrogens is 256 g/mol. The maximum atomic E-state index is 11.8. The lowest BCUT2D eigenvalue weighted by atomic mass is 9.89. The molecule has 3 amide bonds. The normalized spacial score (nSPS) is 15.6. The third-order valence-electron chi connectivity index (χ3n) is 3.65. The van der Waals surface area contributed by atoms with E-state index in [4.69, 9.17) is 0 Å². The zero-order valence-corrected chi connectivity index (χ0v) is 11.4. The maximum absolute atomic E-state index is 11.8. The van der Waals surface area contributed by atoms with Crippen LogP contribution in [0.1, 0.15) is 42.5 Å². The maximum Gasteiger partial charge on any atom is 0.321 e. The summed E-state index contributed by atoms with van der Waals surface area (Å²) in [6, 6.07) is 5.63. The Labute approximate surface area is 118 Å². The number of carbonyl (C=O) groups is 2. The van der Waals surface area contributed by atoms with Gasteiger partial charge >= 0.3 is 6.03 Å². The van der Waals surface area contributed by atoms with E-state index in [1.165, 1.54) is 31.4 Å². The molecule has 0 radical (unpaired) electrons. The van der Waals surface area contributed by atoms with Crippen LogP contribution in [0, 0.1) is 5.92 Å². The van der Waals surface area contributed by atoms with Crippen LogP contribution in [0.5, 0.6) is 5.75 Å². The number of amides is 3. The van der Waals surface area contributed by atoms with Gasteiger partial charge in [-0.1, -0.05) is 31.4 Å². The molecule has 0 saturated heterocycles. The Bertz CT molecular complexity index is 482. The first-order valence-electron chi connectivity index (χ1n) is 7.04. The van der Waals surface area contributed by atoms with Gasteiger partial charge in [0.2, 0.25) is 0 Å². The third kappa shape index (κ3) is 3.98. The second-order valence-electron chi connectivity index (χ2n) is 5.19. The Morgan fingerprint density at radius 1 is 1.15 bits per heavy atom. The molecule has 20 heavy (non-hydrogen) atoms. The van der Waals surface area contributed by atoms with Crippen molar-refractivity contribution in [3.8, 4) is 5.75 Å².